The molecule has 2 aromatic carbocycles. The van der Waals surface area contributed by atoms with Crippen LogP contribution in [-0.2, 0) is 9.73 Å². The number of benzene rings is 2. The highest BCUT2D eigenvalue weighted by atomic mass is 16.8. The van der Waals surface area contributed by atoms with Crippen LogP contribution >= 0.6 is 0 Å². The first-order valence-electron chi connectivity index (χ1n) is 9.77. The lowest BCUT2D eigenvalue weighted by molar-refractivity contribution is -0.143. The minimum absolute atomic E-state index is 0.0398. The number of aliphatic hydroxyl groups is 1. The van der Waals surface area contributed by atoms with Crippen LogP contribution in [0, 0.1) is 0 Å². The zero-order valence-corrected chi connectivity index (χ0v) is 15.9. The number of carbonyl (C=O) groups excluding carboxylic acids is 2. The Morgan fingerprint density at radius 1 is 0.862 bits per heavy atom. The monoisotopic (exact) mass is 394 g/mol. The molecule has 0 aromatic heterocycles. The third-order valence-corrected chi connectivity index (χ3v) is 5.78. The van der Waals surface area contributed by atoms with E-state index in [4.69, 9.17) is 4.94 Å². The smallest absolute Gasteiger partial charge is 0.254 e. The van der Waals surface area contributed by atoms with Crippen molar-refractivity contribution in [2.75, 3.05) is 37.1 Å². The quantitative estimate of drug-likeness (QED) is 0.736. The van der Waals surface area contributed by atoms with Gasteiger partial charge in [-0.25, -0.2) is 11.0 Å². The van der Waals surface area contributed by atoms with Crippen molar-refractivity contribution in [3.8, 4) is 11.1 Å². The van der Waals surface area contributed by atoms with Gasteiger partial charge in [-0.3, -0.25) is 9.59 Å². The highest BCUT2D eigenvalue weighted by Gasteiger charge is 2.50. The summed E-state index contributed by atoms with van der Waals surface area (Å²) in [5, 5.41) is 9.99. The van der Waals surface area contributed by atoms with E-state index in [2.05, 4.69) is 11.0 Å². The summed E-state index contributed by atoms with van der Waals surface area (Å²) in [6, 6.07) is 13.4. The standard InChI is InChI=1S/C21H22N4O4/c26-19(24-9-11-25(12-10-24)20(27)21(28)7-8-21)15-3-1-14(2-4-15)16-5-6-17-18(13-16)23-29-22-17/h1-6,13,22-23,28H,7-12H2. The number of amides is 2. The van der Waals surface area contributed by atoms with Gasteiger partial charge in [0, 0.05) is 31.7 Å². The van der Waals surface area contributed by atoms with Crippen LogP contribution in [0.15, 0.2) is 42.5 Å². The molecule has 2 heterocycles. The van der Waals surface area contributed by atoms with Crippen LogP contribution in [0.25, 0.3) is 11.1 Å². The Bertz CT molecular complexity index is 963. The molecule has 1 aliphatic carbocycles. The van der Waals surface area contributed by atoms with Crippen LogP contribution in [0.2, 0.25) is 0 Å². The van der Waals surface area contributed by atoms with E-state index >= 15 is 0 Å². The van der Waals surface area contributed by atoms with E-state index in [9.17, 15) is 14.7 Å². The minimum Gasteiger partial charge on any atom is -0.380 e. The number of hydrogen-bond acceptors (Lipinski definition) is 6. The summed E-state index contributed by atoms with van der Waals surface area (Å²) in [5.41, 5.74) is 8.81. The molecule has 150 valence electrons. The summed E-state index contributed by atoms with van der Waals surface area (Å²) in [6.07, 6.45) is 1.09. The first-order chi connectivity index (χ1) is 14.0. The predicted octanol–water partition coefficient (Wildman–Crippen LogP) is 1.85. The number of nitrogens with one attached hydrogen (secondary N) is 2. The Morgan fingerprint density at radius 3 is 2.17 bits per heavy atom. The van der Waals surface area contributed by atoms with E-state index in [1.165, 1.54) is 0 Å². The fourth-order valence-electron chi connectivity index (χ4n) is 3.76. The van der Waals surface area contributed by atoms with Crippen LogP contribution < -0.4 is 11.0 Å². The number of rotatable bonds is 3. The third-order valence-electron chi connectivity index (χ3n) is 5.78. The Morgan fingerprint density at radius 2 is 1.48 bits per heavy atom. The molecule has 1 saturated carbocycles. The molecule has 2 amide bonds. The second kappa shape index (κ2) is 6.75. The van der Waals surface area contributed by atoms with E-state index in [0.29, 0.717) is 44.6 Å². The van der Waals surface area contributed by atoms with Crippen LogP contribution in [0.1, 0.15) is 23.2 Å². The van der Waals surface area contributed by atoms with Gasteiger partial charge in [0.05, 0.1) is 11.4 Å². The van der Waals surface area contributed by atoms with Crippen molar-refractivity contribution in [3.63, 3.8) is 0 Å². The molecule has 3 aliphatic rings. The van der Waals surface area contributed by atoms with Crippen LogP contribution in [0.4, 0.5) is 11.4 Å². The molecule has 8 heteroatoms. The molecule has 0 unspecified atom stereocenters. The van der Waals surface area contributed by atoms with Crippen molar-refractivity contribution in [2.45, 2.75) is 18.4 Å². The Hall–Kier alpha value is -3.10. The number of piperazine rings is 1. The maximum absolute atomic E-state index is 12.8. The normalized spacial score (nSPS) is 19.2. The number of hydrogen-bond donors (Lipinski definition) is 3. The first kappa shape index (κ1) is 18.0. The minimum atomic E-state index is -1.14. The van der Waals surface area contributed by atoms with Crippen LogP contribution in [0.5, 0.6) is 0 Å². The molecule has 8 nitrogen and oxygen atoms in total. The molecule has 29 heavy (non-hydrogen) atoms. The van der Waals surface area contributed by atoms with Gasteiger partial charge in [0.2, 0.25) is 0 Å². The maximum Gasteiger partial charge on any atom is 0.254 e. The van der Waals surface area contributed by atoms with Gasteiger partial charge in [0.1, 0.15) is 5.60 Å². The fraction of sp³-hybridized carbons (Fsp3) is 0.333. The lowest BCUT2D eigenvalue weighted by Gasteiger charge is -2.35. The summed E-state index contributed by atoms with van der Waals surface area (Å²) in [4.78, 5) is 33.5. The average molecular weight is 394 g/mol. The topological polar surface area (TPSA) is 94.1 Å². The van der Waals surface area contributed by atoms with Gasteiger partial charge in [-0.2, -0.15) is 4.94 Å². The molecular weight excluding hydrogens is 372 g/mol. The van der Waals surface area contributed by atoms with E-state index in [1.54, 1.807) is 9.80 Å². The molecule has 2 aliphatic heterocycles. The van der Waals surface area contributed by atoms with Crippen molar-refractivity contribution in [1.29, 1.82) is 0 Å². The van der Waals surface area contributed by atoms with E-state index in [0.717, 1.165) is 22.5 Å². The molecule has 0 atom stereocenters. The summed E-state index contributed by atoms with van der Waals surface area (Å²) in [5.74, 6) is -0.236. The molecule has 2 fully saturated rings. The Balaban J connectivity index is 1.23. The fourth-order valence-corrected chi connectivity index (χ4v) is 3.76. The third kappa shape index (κ3) is 3.30. The predicted molar refractivity (Wildman–Crippen MR) is 107 cm³/mol. The summed E-state index contributed by atoms with van der Waals surface area (Å²) in [6.45, 7) is 1.88. The molecule has 0 spiro atoms. The van der Waals surface area contributed by atoms with E-state index < -0.39 is 5.60 Å². The van der Waals surface area contributed by atoms with Gasteiger partial charge in [0.15, 0.2) is 0 Å². The van der Waals surface area contributed by atoms with Gasteiger partial charge in [-0.05, 0) is 48.2 Å². The second-order valence-corrected chi connectivity index (χ2v) is 7.76. The molecule has 2 aromatic rings. The van der Waals surface area contributed by atoms with Gasteiger partial charge in [-0.1, -0.05) is 18.2 Å². The largest absolute Gasteiger partial charge is 0.380 e. The second-order valence-electron chi connectivity index (χ2n) is 7.76. The maximum atomic E-state index is 12.8. The summed E-state index contributed by atoms with van der Waals surface area (Å²) in [7, 11) is 0. The lowest BCUT2D eigenvalue weighted by atomic mass is 10.0. The van der Waals surface area contributed by atoms with Crippen LogP contribution in [0.3, 0.4) is 0 Å². The Labute approximate surface area is 168 Å². The van der Waals surface area contributed by atoms with Crippen molar-refractivity contribution in [2.24, 2.45) is 0 Å². The van der Waals surface area contributed by atoms with Crippen molar-refractivity contribution in [3.05, 3.63) is 48.0 Å². The zero-order valence-electron chi connectivity index (χ0n) is 15.9. The van der Waals surface area contributed by atoms with Crippen molar-refractivity contribution in [1.82, 2.24) is 9.80 Å². The van der Waals surface area contributed by atoms with Gasteiger partial charge < -0.3 is 14.9 Å². The average Bonchev–Trinajstić information content (AvgIpc) is 3.34. The molecule has 5 rings (SSSR count). The van der Waals surface area contributed by atoms with Crippen molar-refractivity contribution >= 4 is 23.2 Å². The van der Waals surface area contributed by atoms with E-state index in [1.807, 2.05) is 42.5 Å². The van der Waals surface area contributed by atoms with Crippen molar-refractivity contribution < 1.29 is 19.6 Å². The number of carbonyl (C=O) groups is 2. The molecular formula is C21H22N4O4. The number of anilines is 2. The SMILES string of the molecule is O=C(c1ccc(-c2ccc3c(c2)NON3)cc1)N1CCN(C(=O)C2(O)CC2)CC1. The Kier molecular flexibility index (Phi) is 4.18. The van der Waals surface area contributed by atoms with E-state index in [-0.39, 0.29) is 11.8 Å². The highest BCUT2D eigenvalue weighted by molar-refractivity contribution is 5.95. The lowest BCUT2D eigenvalue weighted by Crippen LogP contribution is -2.53. The number of fused-ring (bicyclic) bond motifs is 1. The molecule has 0 bridgehead atoms. The molecule has 1 saturated heterocycles. The summed E-state index contributed by atoms with van der Waals surface area (Å²) >= 11 is 0. The zero-order chi connectivity index (χ0) is 20.0. The molecule has 0 radical (unpaired) electrons. The molecule has 3 N–H and O–H groups in total. The van der Waals surface area contributed by atoms with Gasteiger partial charge >= 0.3 is 0 Å². The first-order valence-corrected chi connectivity index (χ1v) is 9.77. The highest BCUT2D eigenvalue weighted by Crippen LogP contribution is 2.37. The van der Waals surface area contributed by atoms with Crippen LogP contribution in [-0.4, -0.2) is 58.5 Å². The summed E-state index contributed by atoms with van der Waals surface area (Å²) < 4.78 is 0. The number of nitrogens with zero attached hydrogens (tertiary/aromatic N) is 2. The van der Waals surface area contributed by atoms with Gasteiger partial charge in [0.25, 0.3) is 11.8 Å². The van der Waals surface area contributed by atoms with Gasteiger partial charge in [-0.15, -0.1) is 0 Å².